The number of aliphatic hydroxyl groups excluding tert-OH is 1. The van der Waals surface area contributed by atoms with Crippen molar-refractivity contribution in [1.29, 1.82) is 0 Å². The van der Waals surface area contributed by atoms with Gasteiger partial charge in [0.15, 0.2) is 0 Å². The molecule has 5 N–H and O–H groups in total. The van der Waals surface area contributed by atoms with Crippen LogP contribution in [0.15, 0.2) is 24.3 Å². The molecule has 7 heteroatoms. The highest BCUT2D eigenvalue weighted by molar-refractivity contribution is 5.96. The summed E-state index contributed by atoms with van der Waals surface area (Å²) in [5.41, 5.74) is 6.88. The number of methoxy groups -OCH3 is 1. The highest BCUT2D eigenvalue weighted by Gasteiger charge is 2.23. The molecule has 0 saturated heterocycles. The van der Waals surface area contributed by atoms with Gasteiger partial charge in [-0.1, -0.05) is 45.7 Å². The van der Waals surface area contributed by atoms with E-state index in [0.717, 1.165) is 19.3 Å². The van der Waals surface area contributed by atoms with Gasteiger partial charge in [0.05, 0.1) is 18.3 Å². The van der Waals surface area contributed by atoms with Crippen molar-refractivity contribution in [2.45, 2.75) is 84.4 Å². The van der Waals surface area contributed by atoms with E-state index in [9.17, 15) is 9.90 Å². The number of nitrogens with one attached hydrogen (secondary N) is 2. The lowest BCUT2D eigenvalue weighted by Crippen LogP contribution is -2.46. The van der Waals surface area contributed by atoms with Gasteiger partial charge in [-0.2, -0.15) is 0 Å². The second-order valence-corrected chi connectivity index (χ2v) is 9.68. The molecule has 1 aromatic carbocycles. The molecular formula is C27H49N3O4. The Balaban J connectivity index is 2.57. The third kappa shape index (κ3) is 12.2. The predicted molar refractivity (Wildman–Crippen MR) is 139 cm³/mol. The number of hydrogen-bond donors (Lipinski definition) is 4. The fourth-order valence-electron chi connectivity index (χ4n) is 3.81. The molecule has 1 rings (SSSR count). The van der Waals surface area contributed by atoms with Crippen LogP contribution < -0.4 is 21.1 Å². The zero-order valence-electron chi connectivity index (χ0n) is 22.0. The molecule has 0 aliphatic carbocycles. The quantitative estimate of drug-likeness (QED) is 0.225. The first kappa shape index (κ1) is 30.4. The largest absolute Gasteiger partial charge is 0.493 e. The van der Waals surface area contributed by atoms with Crippen molar-refractivity contribution < 1.29 is 19.4 Å². The minimum Gasteiger partial charge on any atom is -0.493 e. The lowest BCUT2D eigenvalue weighted by molar-refractivity contribution is 0.0926. The number of aliphatic hydroxyl groups is 1. The molecule has 0 bridgehead atoms. The first-order valence-electron chi connectivity index (χ1n) is 13.0. The van der Waals surface area contributed by atoms with E-state index in [1.165, 1.54) is 12.8 Å². The van der Waals surface area contributed by atoms with E-state index >= 15 is 0 Å². The van der Waals surface area contributed by atoms with Crippen LogP contribution in [0.2, 0.25) is 0 Å². The van der Waals surface area contributed by atoms with Gasteiger partial charge < -0.3 is 30.9 Å². The Bertz CT molecular complexity index is 671. The van der Waals surface area contributed by atoms with Crippen LogP contribution in [0.5, 0.6) is 5.75 Å². The lowest BCUT2D eigenvalue weighted by Gasteiger charge is -2.28. The van der Waals surface area contributed by atoms with Crippen molar-refractivity contribution in [2.75, 3.05) is 33.4 Å². The van der Waals surface area contributed by atoms with Crippen LogP contribution in [-0.4, -0.2) is 62.6 Å². The molecule has 0 unspecified atom stereocenters. The summed E-state index contributed by atoms with van der Waals surface area (Å²) in [5, 5.41) is 17.0. The standard InChI is InChI=1S/C27H49N3O4/c1-6-7-12-21(4)29-19-25(31)24(28)17-22(20(2)3)18-30-27(32)23-13-8-9-14-26(23)34-16-11-10-15-33-5/h8-9,13-14,20-22,24-25,29,31H,6-7,10-12,15-19,28H2,1-5H3,(H,30,32)/t21-,22-,24+,25+/m1/s1. The number of benzene rings is 1. The Kier molecular flexibility index (Phi) is 15.8. The monoisotopic (exact) mass is 479 g/mol. The molecule has 34 heavy (non-hydrogen) atoms. The molecule has 4 atom stereocenters. The molecule has 0 saturated carbocycles. The van der Waals surface area contributed by atoms with E-state index in [4.69, 9.17) is 15.2 Å². The van der Waals surface area contributed by atoms with Crippen LogP contribution in [0.25, 0.3) is 0 Å². The van der Waals surface area contributed by atoms with Crippen molar-refractivity contribution in [3.8, 4) is 5.75 Å². The molecular weight excluding hydrogens is 430 g/mol. The Morgan fingerprint density at radius 1 is 1.09 bits per heavy atom. The number of para-hydroxylation sites is 1. The van der Waals surface area contributed by atoms with Gasteiger partial charge in [0.2, 0.25) is 0 Å². The smallest absolute Gasteiger partial charge is 0.255 e. The number of carbonyl (C=O) groups excluding carboxylic acids is 1. The fraction of sp³-hybridized carbons (Fsp3) is 0.741. The molecule has 0 radical (unpaired) electrons. The number of amides is 1. The minimum absolute atomic E-state index is 0.154. The number of rotatable bonds is 19. The zero-order valence-corrected chi connectivity index (χ0v) is 22.0. The van der Waals surface area contributed by atoms with Gasteiger partial charge in [-0.05, 0) is 56.6 Å². The van der Waals surface area contributed by atoms with Crippen molar-refractivity contribution in [2.24, 2.45) is 17.6 Å². The Hall–Kier alpha value is -1.67. The van der Waals surface area contributed by atoms with E-state index in [1.807, 2.05) is 18.2 Å². The topological polar surface area (TPSA) is 106 Å². The highest BCUT2D eigenvalue weighted by atomic mass is 16.5. The van der Waals surface area contributed by atoms with Crippen LogP contribution in [0.3, 0.4) is 0 Å². The summed E-state index contributed by atoms with van der Waals surface area (Å²) in [6.45, 7) is 10.8. The average molecular weight is 480 g/mol. The number of ether oxygens (including phenoxy) is 2. The zero-order chi connectivity index (χ0) is 25.3. The van der Waals surface area contributed by atoms with Gasteiger partial charge in [0.25, 0.3) is 5.91 Å². The normalized spacial score (nSPS) is 15.1. The van der Waals surface area contributed by atoms with E-state index < -0.39 is 6.10 Å². The maximum absolute atomic E-state index is 12.9. The summed E-state index contributed by atoms with van der Waals surface area (Å²) in [4.78, 5) is 12.9. The molecule has 196 valence electrons. The second kappa shape index (κ2) is 17.7. The predicted octanol–water partition coefficient (Wildman–Crippen LogP) is 3.74. The van der Waals surface area contributed by atoms with Crippen molar-refractivity contribution in [3.05, 3.63) is 29.8 Å². The van der Waals surface area contributed by atoms with Gasteiger partial charge in [-0.3, -0.25) is 4.79 Å². The summed E-state index contributed by atoms with van der Waals surface area (Å²) >= 11 is 0. The molecule has 7 nitrogen and oxygen atoms in total. The summed E-state index contributed by atoms with van der Waals surface area (Å²) < 4.78 is 10.9. The van der Waals surface area contributed by atoms with Gasteiger partial charge in [-0.25, -0.2) is 0 Å². The van der Waals surface area contributed by atoms with E-state index in [-0.39, 0.29) is 17.9 Å². The van der Waals surface area contributed by atoms with Crippen LogP contribution in [0, 0.1) is 11.8 Å². The molecule has 0 aliphatic heterocycles. The first-order valence-corrected chi connectivity index (χ1v) is 13.0. The third-order valence-electron chi connectivity index (χ3n) is 6.33. The van der Waals surface area contributed by atoms with Crippen molar-refractivity contribution >= 4 is 5.91 Å². The SMILES string of the molecule is CCCC[C@@H](C)NC[C@H](O)[C@@H](N)C[C@H](CNC(=O)c1ccccc1OCCCCOC)C(C)C. The Morgan fingerprint density at radius 3 is 2.47 bits per heavy atom. The van der Waals surface area contributed by atoms with Crippen LogP contribution in [0.4, 0.5) is 0 Å². The molecule has 1 amide bonds. The van der Waals surface area contributed by atoms with Gasteiger partial charge in [0.1, 0.15) is 5.75 Å². The second-order valence-electron chi connectivity index (χ2n) is 9.68. The van der Waals surface area contributed by atoms with Gasteiger partial charge >= 0.3 is 0 Å². The summed E-state index contributed by atoms with van der Waals surface area (Å²) in [6.07, 6.45) is 5.24. The maximum atomic E-state index is 12.9. The van der Waals surface area contributed by atoms with Crippen molar-refractivity contribution in [1.82, 2.24) is 10.6 Å². The molecule has 0 spiro atoms. The number of nitrogens with two attached hydrogens (primary N) is 1. The van der Waals surface area contributed by atoms with E-state index in [1.54, 1.807) is 13.2 Å². The van der Waals surface area contributed by atoms with Gasteiger partial charge in [-0.15, -0.1) is 0 Å². The Morgan fingerprint density at radius 2 is 1.79 bits per heavy atom. The average Bonchev–Trinajstić information content (AvgIpc) is 2.83. The first-order chi connectivity index (χ1) is 16.3. The summed E-state index contributed by atoms with van der Waals surface area (Å²) in [7, 11) is 1.69. The molecule has 0 fully saturated rings. The summed E-state index contributed by atoms with van der Waals surface area (Å²) in [6, 6.07) is 7.34. The number of hydrogen-bond acceptors (Lipinski definition) is 6. The number of unbranched alkanes of at least 4 members (excludes halogenated alkanes) is 2. The molecule has 1 aromatic rings. The minimum atomic E-state index is -0.617. The van der Waals surface area contributed by atoms with Crippen LogP contribution in [0.1, 0.15) is 76.6 Å². The third-order valence-corrected chi connectivity index (χ3v) is 6.33. The van der Waals surface area contributed by atoms with Crippen molar-refractivity contribution in [3.63, 3.8) is 0 Å². The highest BCUT2D eigenvalue weighted by Crippen LogP contribution is 2.20. The van der Waals surface area contributed by atoms with Crippen LogP contribution >= 0.6 is 0 Å². The van der Waals surface area contributed by atoms with E-state index in [0.29, 0.717) is 56.0 Å². The lowest BCUT2D eigenvalue weighted by atomic mass is 9.87. The summed E-state index contributed by atoms with van der Waals surface area (Å²) in [5.74, 6) is 0.920. The van der Waals surface area contributed by atoms with Crippen LogP contribution in [-0.2, 0) is 4.74 Å². The molecule has 0 aromatic heterocycles. The Labute approximate surface area is 207 Å². The van der Waals surface area contributed by atoms with Gasteiger partial charge in [0, 0.05) is 38.9 Å². The number of carbonyl (C=O) groups is 1. The maximum Gasteiger partial charge on any atom is 0.255 e. The molecule has 0 heterocycles. The molecule has 0 aliphatic rings. The van der Waals surface area contributed by atoms with E-state index in [2.05, 4.69) is 38.3 Å². The fourth-order valence-corrected chi connectivity index (χ4v) is 3.81.